The van der Waals surface area contributed by atoms with E-state index in [0.717, 1.165) is 28.6 Å². The molecule has 0 aliphatic rings. The van der Waals surface area contributed by atoms with Crippen LogP contribution in [0.4, 0.5) is 5.69 Å². The number of halogens is 1. The third-order valence-corrected chi connectivity index (χ3v) is 4.34. The van der Waals surface area contributed by atoms with Crippen molar-refractivity contribution in [1.82, 2.24) is 0 Å². The first-order valence-electron chi connectivity index (χ1n) is 6.52. The number of nitrogens with two attached hydrogens (primary N) is 1. The largest absolute Gasteiger partial charge is 0.494 e. The van der Waals surface area contributed by atoms with Crippen LogP contribution in [-0.2, 0) is 0 Å². The Kier molecular flexibility index (Phi) is 5.62. The van der Waals surface area contributed by atoms with Gasteiger partial charge >= 0.3 is 0 Å². The molecule has 0 unspecified atom stereocenters. The summed E-state index contributed by atoms with van der Waals surface area (Å²) >= 11 is 7.66. The Hall–Kier alpha value is -1.32. The molecule has 0 aliphatic heterocycles. The molecule has 4 heteroatoms. The van der Waals surface area contributed by atoms with Gasteiger partial charge in [0.2, 0.25) is 0 Å². The van der Waals surface area contributed by atoms with E-state index in [0.29, 0.717) is 6.61 Å². The summed E-state index contributed by atoms with van der Waals surface area (Å²) in [5.74, 6) is 1.89. The van der Waals surface area contributed by atoms with Crippen LogP contribution in [0.15, 0.2) is 47.4 Å². The highest BCUT2D eigenvalue weighted by atomic mass is 35.5. The Labute approximate surface area is 129 Å². The first-order chi connectivity index (χ1) is 9.65. The van der Waals surface area contributed by atoms with Crippen LogP contribution in [0.5, 0.6) is 5.75 Å². The molecule has 0 saturated carbocycles. The molecule has 0 fully saturated rings. The van der Waals surface area contributed by atoms with Crippen molar-refractivity contribution in [2.45, 2.75) is 18.2 Å². The lowest BCUT2D eigenvalue weighted by atomic mass is 10.2. The van der Waals surface area contributed by atoms with E-state index in [1.807, 2.05) is 48.2 Å². The predicted octanol–water partition coefficient (Wildman–Crippen LogP) is 4.79. The molecule has 20 heavy (non-hydrogen) atoms. The van der Waals surface area contributed by atoms with E-state index in [1.165, 1.54) is 10.5 Å². The number of benzene rings is 2. The monoisotopic (exact) mass is 307 g/mol. The van der Waals surface area contributed by atoms with Crippen molar-refractivity contribution in [2.75, 3.05) is 18.1 Å². The van der Waals surface area contributed by atoms with Crippen LogP contribution in [0, 0.1) is 6.92 Å². The van der Waals surface area contributed by atoms with E-state index in [9.17, 15) is 0 Å². The zero-order valence-corrected chi connectivity index (χ0v) is 13.0. The van der Waals surface area contributed by atoms with Crippen LogP contribution in [-0.4, -0.2) is 12.4 Å². The summed E-state index contributed by atoms with van der Waals surface area (Å²) in [7, 11) is 0. The molecule has 2 nitrogen and oxygen atoms in total. The van der Waals surface area contributed by atoms with E-state index >= 15 is 0 Å². The Balaban J connectivity index is 1.70. The zero-order chi connectivity index (χ0) is 14.4. The standard InChI is InChI=1S/C16H18ClNOS/c1-12-11-14(18)5-8-16(12)20-10-2-9-19-15-6-3-13(17)4-7-15/h3-8,11H,2,9-10,18H2,1H3. The van der Waals surface area contributed by atoms with Crippen LogP contribution in [0.25, 0.3) is 0 Å². The van der Waals surface area contributed by atoms with Crippen molar-refractivity contribution in [3.05, 3.63) is 53.1 Å². The summed E-state index contributed by atoms with van der Waals surface area (Å²) in [6, 6.07) is 13.5. The van der Waals surface area contributed by atoms with Gasteiger partial charge in [-0.3, -0.25) is 0 Å². The fourth-order valence-electron chi connectivity index (χ4n) is 1.80. The van der Waals surface area contributed by atoms with Gasteiger partial charge in [-0.1, -0.05) is 11.6 Å². The molecule has 0 saturated heterocycles. The van der Waals surface area contributed by atoms with Gasteiger partial charge < -0.3 is 10.5 Å². The lowest BCUT2D eigenvalue weighted by Gasteiger charge is -2.08. The molecule has 2 N–H and O–H groups in total. The fourth-order valence-corrected chi connectivity index (χ4v) is 2.86. The van der Waals surface area contributed by atoms with E-state index < -0.39 is 0 Å². The highest BCUT2D eigenvalue weighted by Gasteiger charge is 2.00. The summed E-state index contributed by atoms with van der Waals surface area (Å²) in [6.07, 6.45) is 0.997. The topological polar surface area (TPSA) is 35.2 Å². The molecule has 2 rings (SSSR count). The summed E-state index contributed by atoms with van der Waals surface area (Å²) in [5.41, 5.74) is 7.79. The van der Waals surface area contributed by atoms with Crippen molar-refractivity contribution >= 4 is 29.1 Å². The molecule has 0 spiro atoms. The molecule has 0 aliphatic carbocycles. The van der Waals surface area contributed by atoms with Crippen molar-refractivity contribution in [3.63, 3.8) is 0 Å². The van der Waals surface area contributed by atoms with E-state index in [1.54, 1.807) is 0 Å². The van der Waals surface area contributed by atoms with Gasteiger partial charge in [0.05, 0.1) is 6.61 Å². The van der Waals surface area contributed by atoms with Gasteiger partial charge in [-0.15, -0.1) is 11.8 Å². The number of rotatable bonds is 6. The summed E-state index contributed by atoms with van der Waals surface area (Å²) in [4.78, 5) is 1.28. The number of anilines is 1. The van der Waals surface area contributed by atoms with Crippen LogP contribution >= 0.6 is 23.4 Å². The highest BCUT2D eigenvalue weighted by molar-refractivity contribution is 7.99. The summed E-state index contributed by atoms with van der Waals surface area (Å²) < 4.78 is 5.66. The number of nitrogen functional groups attached to an aromatic ring is 1. The molecule has 0 aromatic heterocycles. The Morgan fingerprint density at radius 2 is 1.90 bits per heavy atom. The van der Waals surface area contributed by atoms with Crippen LogP contribution in [0.1, 0.15) is 12.0 Å². The van der Waals surface area contributed by atoms with Gasteiger partial charge in [-0.05, 0) is 61.4 Å². The second kappa shape index (κ2) is 7.46. The Morgan fingerprint density at radius 3 is 2.60 bits per heavy atom. The minimum Gasteiger partial charge on any atom is -0.494 e. The van der Waals surface area contributed by atoms with Gasteiger partial charge in [0, 0.05) is 21.4 Å². The third kappa shape index (κ3) is 4.66. The van der Waals surface area contributed by atoms with E-state index in [2.05, 4.69) is 13.0 Å². The first-order valence-corrected chi connectivity index (χ1v) is 7.89. The maximum atomic E-state index is 5.82. The number of aryl methyl sites for hydroxylation is 1. The third-order valence-electron chi connectivity index (χ3n) is 2.83. The number of hydrogen-bond donors (Lipinski definition) is 1. The number of ether oxygens (including phenoxy) is 1. The molecular formula is C16H18ClNOS. The molecule has 0 atom stereocenters. The van der Waals surface area contributed by atoms with Crippen LogP contribution in [0.2, 0.25) is 5.02 Å². The minimum atomic E-state index is 0.711. The first kappa shape index (κ1) is 15.1. The predicted molar refractivity (Wildman–Crippen MR) is 87.9 cm³/mol. The van der Waals surface area contributed by atoms with Gasteiger partial charge in [0.15, 0.2) is 0 Å². The normalized spacial score (nSPS) is 10.5. The summed E-state index contributed by atoms with van der Waals surface area (Å²) in [6.45, 7) is 2.80. The van der Waals surface area contributed by atoms with Gasteiger partial charge in [-0.25, -0.2) is 0 Å². The van der Waals surface area contributed by atoms with Gasteiger partial charge in [0.1, 0.15) is 5.75 Å². The molecule has 106 valence electrons. The van der Waals surface area contributed by atoms with E-state index in [-0.39, 0.29) is 0 Å². The number of thioether (sulfide) groups is 1. The minimum absolute atomic E-state index is 0.711. The zero-order valence-electron chi connectivity index (χ0n) is 11.4. The quantitative estimate of drug-likeness (QED) is 0.473. The number of hydrogen-bond acceptors (Lipinski definition) is 3. The van der Waals surface area contributed by atoms with Crippen molar-refractivity contribution < 1.29 is 4.74 Å². The maximum absolute atomic E-state index is 5.82. The SMILES string of the molecule is Cc1cc(N)ccc1SCCCOc1ccc(Cl)cc1. The van der Waals surface area contributed by atoms with Crippen LogP contribution < -0.4 is 10.5 Å². The second-order valence-corrected chi connectivity index (χ2v) is 6.10. The average molecular weight is 308 g/mol. The maximum Gasteiger partial charge on any atom is 0.119 e. The molecular weight excluding hydrogens is 290 g/mol. The lowest BCUT2D eigenvalue weighted by molar-refractivity contribution is 0.319. The van der Waals surface area contributed by atoms with Crippen LogP contribution in [0.3, 0.4) is 0 Å². The molecule has 0 amide bonds. The molecule has 2 aromatic rings. The Bertz CT molecular complexity index is 557. The van der Waals surface area contributed by atoms with Crippen molar-refractivity contribution in [3.8, 4) is 5.75 Å². The van der Waals surface area contributed by atoms with Gasteiger partial charge in [-0.2, -0.15) is 0 Å². The van der Waals surface area contributed by atoms with Crippen molar-refractivity contribution in [1.29, 1.82) is 0 Å². The smallest absolute Gasteiger partial charge is 0.119 e. The van der Waals surface area contributed by atoms with E-state index in [4.69, 9.17) is 22.1 Å². The Morgan fingerprint density at radius 1 is 1.15 bits per heavy atom. The molecule has 0 radical (unpaired) electrons. The van der Waals surface area contributed by atoms with Gasteiger partial charge in [0.25, 0.3) is 0 Å². The summed E-state index contributed by atoms with van der Waals surface area (Å²) in [5, 5.41) is 0.728. The molecule has 0 bridgehead atoms. The highest BCUT2D eigenvalue weighted by Crippen LogP contribution is 2.24. The fraction of sp³-hybridized carbons (Fsp3) is 0.250. The second-order valence-electron chi connectivity index (χ2n) is 4.53. The van der Waals surface area contributed by atoms with Crippen molar-refractivity contribution in [2.24, 2.45) is 0 Å². The average Bonchev–Trinajstić information content (AvgIpc) is 2.42. The molecule has 0 heterocycles. The molecule has 2 aromatic carbocycles. The lowest BCUT2D eigenvalue weighted by Crippen LogP contribution is -1.98.